The molecule has 0 unspecified atom stereocenters. The second kappa shape index (κ2) is 17.7. The van der Waals surface area contributed by atoms with E-state index in [0.29, 0.717) is 0 Å². The van der Waals surface area contributed by atoms with E-state index in [1.165, 1.54) is 123 Å². The molecule has 0 saturated heterocycles. The lowest BCUT2D eigenvalue weighted by molar-refractivity contribution is 0.591. The van der Waals surface area contributed by atoms with Crippen molar-refractivity contribution in [3.63, 3.8) is 0 Å². The molecule has 2 heterocycles. The van der Waals surface area contributed by atoms with Gasteiger partial charge in [-0.1, -0.05) is 191 Å². The summed E-state index contributed by atoms with van der Waals surface area (Å²) in [5.41, 5.74) is 18.5. The molecule has 0 aliphatic rings. The minimum atomic E-state index is -0.0175. The smallest absolute Gasteiger partial charge is 0.0640 e. The van der Waals surface area contributed by atoms with Crippen LogP contribution in [0.2, 0.25) is 0 Å². The fourth-order valence-corrected chi connectivity index (χ4v) is 15.1. The summed E-state index contributed by atoms with van der Waals surface area (Å²) in [5.74, 6) is 0. The highest BCUT2D eigenvalue weighted by atomic mass is 32.1. The van der Waals surface area contributed by atoms with Crippen molar-refractivity contribution in [2.75, 3.05) is 9.80 Å². The Hall–Kier alpha value is -8.28. The van der Waals surface area contributed by atoms with Gasteiger partial charge < -0.3 is 9.80 Å². The molecule has 366 valence electrons. The molecule has 0 radical (unpaired) electrons. The normalized spacial score (nSPS) is 12.1. The van der Waals surface area contributed by atoms with Crippen LogP contribution < -0.4 is 9.80 Å². The fraction of sp³-hybridized carbons (Fsp3) is 0.111. The van der Waals surface area contributed by atoms with Gasteiger partial charge in [0.2, 0.25) is 0 Å². The molecule has 0 atom stereocenters. The molecule has 76 heavy (non-hydrogen) atoms. The number of para-hydroxylation sites is 2. The Labute approximate surface area is 452 Å². The van der Waals surface area contributed by atoms with Crippen LogP contribution in [0.5, 0.6) is 0 Å². The molecule has 0 saturated carbocycles. The second-order valence-corrected chi connectivity index (χ2v) is 23.9. The number of anilines is 6. The van der Waals surface area contributed by atoms with Crippen molar-refractivity contribution in [2.24, 2.45) is 0 Å². The van der Waals surface area contributed by atoms with E-state index in [9.17, 15) is 0 Å². The molecular weight excluding hydrogens is 957 g/mol. The van der Waals surface area contributed by atoms with Crippen LogP contribution >= 0.6 is 22.7 Å². The third kappa shape index (κ3) is 7.19. The van der Waals surface area contributed by atoms with Gasteiger partial charge in [-0.15, -0.1) is 22.7 Å². The summed E-state index contributed by atoms with van der Waals surface area (Å²) in [7, 11) is 0. The van der Waals surface area contributed by atoms with Crippen LogP contribution in [-0.4, -0.2) is 0 Å². The van der Waals surface area contributed by atoms with Gasteiger partial charge in [-0.05, 0) is 131 Å². The first-order chi connectivity index (χ1) is 37.0. The lowest BCUT2D eigenvalue weighted by Gasteiger charge is -2.33. The number of nitrogens with zero attached hydrogens (tertiary/aromatic N) is 2. The van der Waals surface area contributed by atoms with Gasteiger partial charge in [-0.2, -0.15) is 0 Å². The van der Waals surface area contributed by atoms with Crippen LogP contribution in [0.15, 0.2) is 212 Å². The van der Waals surface area contributed by atoms with E-state index in [2.05, 4.69) is 271 Å². The lowest BCUT2D eigenvalue weighted by Crippen LogP contribution is -2.15. The van der Waals surface area contributed by atoms with Crippen LogP contribution in [0.25, 0.3) is 94.9 Å². The molecule has 0 fully saturated rings. The highest BCUT2D eigenvalue weighted by Gasteiger charge is 2.29. The molecule has 12 aromatic carbocycles. The Morgan fingerprint density at radius 1 is 0.316 bits per heavy atom. The van der Waals surface area contributed by atoms with E-state index in [4.69, 9.17) is 0 Å². The Morgan fingerprint density at radius 3 is 1.11 bits per heavy atom. The number of hydrogen-bond donors (Lipinski definition) is 0. The number of hydrogen-bond acceptors (Lipinski definition) is 4. The topological polar surface area (TPSA) is 6.48 Å². The maximum Gasteiger partial charge on any atom is 0.0640 e. The molecule has 14 aromatic rings. The molecule has 4 heteroatoms. The summed E-state index contributed by atoms with van der Waals surface area (Å²) in [4.78, 5) is 5.12. The number of rotatable bonds is 8. The molecule has 0 spiro atoms. The Balaban J connectivity index is 1.10. The standard InChI is InChI=1S/C72H56N2S2/c1-43-20-14-21-44(2)64(43)58-32-16-28-52-54-30-18-34-60(70(54)75-68(52)58)73(50-24-10-8-11-25-50)62-42-63(57-39-37-48-41-49(72(5,6)7)40-47-36-38-56(62)67(57)66(47)48)74(51-26-12-9-13-27-51)61-35-19-31-55-53-29-17-33-59(69(53)76-71(55)61)65-45(3)22-15-23-46(65)4/h8-42H,1-7H3. The molecule has 0 aliphatic heterocycles. The number of fused-ring (bicyclic) bond motifs is 6. The van der Waals surface area contributed by atoms with Crippen LogP contribution in [0.3, 0.4) is 0 Å². The van der Waals surface area contributed by atoms with E-state index in [1.54, 1.807) is 0 Å². The van der Waals surface area contributed by atoms with Gasteiger partial charge in [0.1, 0.15) is 0 Å². The summed E-state index contributed by atoms with van der Waals surface area (Å²) >= 11 is 3.84. The van der Waals surface area contributed by atoms with E-state index in [1.807, 2.05) is 22.7 Å². The van der Waals surface area contributed by atoms with Gasteiger partial charge in [0.25, 0.3) is 0 Å². The van der Waals surface area contributed by atoms with Crippen LogP contribution in [-0.2, 0) is 5.41 Å². The molecule has 2 aromatic heterocycles. The summed E-state index contributed by atoms with van der Waals surface area (Å²) in [6, 6.07) is 80.0. The first-order valence-corrected chi connectivity index (χ1v) is 28.1. The Morgan fingerprint density at radius 2 is 0.697 bits per heavy atom. The van der Waals surface area contributed by atoms with Crippen molar-refractivity contribution < 1.29 is 0 Å². The molecule has 0 bridgehead atoms. The average Bonchev–Trinajstić information content (AvgIpc) is 4.12. The zero-order chi connectivity index (χ0) is 51.6. The first-order valence-electron chi connectivity index (χ1n) is 26.5. The molecule has 14 rings (SSSR count). The predicted molar refractivity (Wildman–Crippen MR) is 334 cm³/mol. The van der Waals surface area contributed by atoms with Crippen molar-refractivity contribution in [2.45, 2.75) is 53.9 Å². The minimum absolute atomic E-state index is 0.0175. The maximum absolute atomic E-state index is 2.56. The van der Waals surface area contributed by atoms with Gasteiger partial charge in [-0.25, -0.2) is 0 Å². The summed E-state index contributed by atoms with van der Waals surface area (Å²) in [6.07, 6.45) is 0. The van der Waals surface area contributed by atoms with Crippen molar-refractivity contribution >= 4 is 129 Å². The van der Waals surface area contributed by atoms with Crippen molar-refractivity contribution in [1.82, 2.24) is 0 Å². The Bertz CT molecular complexity index is 4290. The van der Waals surface area contributed by atoms with Crippen LogP contribution in [0.4, 0.5) is 34.1 Å². The highest BCUT2D eigenvalue weighted by molar-refractivity contribution is 7.27. The Kier molecular flexibility index (Phi) is 10.8. The van der Waals surface area contributed by atoms with E-state index < -0.39 is 0 Å². The second-order valence-electron chi connectivity index (χ2n) is 21.8. The van der Waals surface area contributed by atoms with Crippen molar-refractivity contribution in [3.05, 3.63) is 240 Å². The third-order valence-electron chi connectivity index (χ3n) is 16.0. The number of thiophene rings is 2. The average molecular weight is 1010 g/mol. The highest BCUT2D eigenvalue weighted by Crippen LogP contribution is 2.55. The maximum atomic E-state index is 2.56. The number of aryl methyl sites for hydroxylation is 4. The van der Waals surface area contributed by atoms with Gasteiger partial charge in [0, 0.05) is 69.6 Å². The van der Waals surface area contributed by atoms with Gasteiger partial charge in [0.05, 0.1) is 32.1 Å². The largest absolute Gasteiger partial charge is 0.308 e. The van der Waals surface area contributed by atoms with E-state index in [-0.39, 0.29) is 5.41 Å². The van der Waals surface area contributed by atoms with Gasteiger partial charge in [0.15, 0.2) is 0 Å². The third-order valence-corrected chi connectivity index (χ3v) is 18.6. The molecule has 2 nitrogen and oxygen atoms in total. The van der Waals surface area contributed by atoms with E-state index >= 15 is 0 Å². The quantitative estimate of drug-likeness (QED) is 0.140. The van der Waals surface area contributed by atoms with Gasteiger partial charge in [-0.3, -0.25) is 0 Å². The predicted octanol–water partition coefficient (Wildman–Crippen LogP) is 22.1. The summed E-state index contributed by atoms with van der Waals surface area (Å²) in [5, 5.41) is 12.6. The summed E-state index contributed by atoms with van der Waals surface area (Å²) < 4.78 is 5.15. The van der Waals surface area contributed by atoms with Crippen molar-refractivity contribution in [1.29, 1.82) is 0 Å². The lowest BCUT2D eigenvalue weighted by atomic mass is 9.83. The van der Waals surface area contributed by atoms with Crippen molar-refractivity contribution in [3.8, 4) is 22.3 Å². The monoisotopic (exact) mass is 1010 g/mol. The molecule has 0 aliphatic carbocycles. The molecule has 0 N–H and O–H groups in total. The van der Waals surface area contributed by atoms with E-state index in [0.717, 1.165) is 34.1 Å². The SMILES string of the molecule is Cc1cccc(C)c1-c1cccc2c1sc1c(N(c3ccccc3)c3cc(N(c4ccccc4)c4cccc5c4sc4c(-c6c(C)cccc6C)cccc45)c4ccc5cc(C(C)(C)C)cc6ccc3c4c65)cccc12. The van der Waals surface area contributed by atoms with Crippen LogP contribution in [0, 0.1) is 27.7 Å². The zero-order valence-corrected chi connectivity index (χ0v) is 45.6. The van der Waals surface area contributed by atoms with Crippen LogP contribution in [0.1, 0.15) is 48.6 Å². The molecule has 0 amide bonds. The first kappa shape index (κ1) is 46.3. The summed E-state index contributed by atoms with van der Waals surface area (Å²) in [6.45, 7) is 16.0. The minimum Gasteiger partial charge on any atom is -0.308 e. The zero-order valence-electron chi connectivity index (χ0n) is 43.9. The molecular formula is C72H56N2S2. The number of benzene rings is 12. The van der Waals surface area contributed by atoms with Gasteiger partial charge >= 0.3 is 0 Å². The fourth-order valence-electron chi connectivity index (χ4n) is 12.5.